The molecular weight excluding hydrogens is 527 g/mol. The fraction of sp³-hybridized carbons (Fsp3) is 0.467. The summed E-state index contributed by atoms with van der Waals surface area (Å²) in [5.41, 5.74) is 2.66. The third kappa shape index (κ3) is 4.97. The van der Waals surface area contributed by atoms with Crippen LogP contribution < -0.4 is 19.7 Å². The van der Waals surface area contributed by atoms with Crippen molar-refractivity contribution in [3.63, 3.8) is 0 Å². The summed E-state index contributed by atoms with van der Waals surface area (Å²) in [6.45, 7) is 6.66. The van der Waals surface area contributed by atoms with Crippen LogP contribution in [0.2, 0.25) is 0 Å². The second-order valence-electron chi connectivity index (χ2n) is 11.5. The van der Waals surface area contributed by atoms with E-state index in [4.69, 9.17) is 14.2 Å². The molecule has 1 N–H and O–H groups in total. The summed E-state index contributed by atoms with van der Waals surface area (Å²) in [6.07, 6.45) is 7.99. The number of benzene rings is 1. The number of morpholine rings is 1. The number of ether oxygens (including phenoxy) is 3. The molecule has 3 aliphatic heterocycles. The summed E-state index contributed by atoms with van der Waals surface area (Å²) in [4.78, 5) is 30.4. The zero-order chi connectivity index (χ0) is 28.0. The van der Waals surface area contributed by atoms with Crippen LogP contribution in [0.15, 0.2) is 43.0 Å². The fourth-order valence-electron chi connectivity index (χ4n) is 6.47. The number of pyridine rings is 1. The molecule has 11 heteroatoms. The first-order valence-corrected chi connectivity index (χ1v) is 14.2. The van der Waals surface area contributed by atoms with Gasteiger partial charge < -0.3 is 29.3 Å². The fourth-order valence-corrected chi connectivity index (χ4v) is 6.47. The Hall–Kier alpha value is -3.83. The number of hydrogen-bond donors (Lipinski definition) is 1. The lowest BCUT2D eigenvalue weighted by Crippen LogP contribution is -2.65. The molecule has 1 spiro atoms. The number of amides is 1. The monoisotopic (exact) mass is 560 g/mol. The predicted molar refractivity (Wildman–Crippen MR) is 148 cm³/mol. The Labute approximate surface area is 237 Å². The van der Waals surface area contributed by atoms with Crippen molar-refractivity contribution in [1.29, 1.82) is 0 Å². The molecule has 1 aromatic carbocycles. The third-order valence-electron chi connectivity index (χ3n) is 8.59. The van der Waals surface area contributed by atoms with E-state index in [0.717, 1.165) is 56.9 Å². The molecule has 2 saturated heterocycles. The Balaban J connectivity index is 1.02. The molecule has 1 saturated carbocycles. The van der Waals surface area contributed by atoms with Gasteiger partial charge in [0.2, 0.25) is 0 Å². The molecule has 5 heterocycles. The topological polar surface area (TPSA) is 102 Å². The van der Waals surface area contributed by atoms with Crippen LogP contribution in [-0.2, 0) is 17.7 Å². The smallest absolute Gasteiger partial charge is 0.258 e. The number of carbonyl (C=O) groups is 1. The maximum absolute atomic E-state index is 14.3. The number of nitrogens with one attached hydrogen (secondary N) is 1. The van der Waals surface area contributed by atoms with Gasteiger partial charge in [0.1, 0.15) is 29.7 Å². The molecule has 3 aromatic rings. The van der Waals surface area contributed by atoms with Crippen LogP contribution in [0.25, 0.3) is 0 Å². The summed E-state index contributed by atoms with van der Waals surface area (Å²) in [7, 11) is 0. The van der Waals surface area contributed by atoms with Gasteiger partial charge >= 0.3 is 0 Å². The standard InChI is InChI=1S/C30H33FN6O4/c1-19-15-39-9-8-37(19)29(38)22-10-20(31)2-3-25(22)41-27-14-33-18-35-28(27)36-16-30(17-36)11-21(12-30)40-26-5-7-34-24-4-6-32-13-23(24)26/h2-3,5,7,10,14,18-19,21,32H,4,6,8-9,11-13,15-17H2,1H3/t19-/m0/s1. The Morgan fingerprint density at radius 2 is 2.05 bits per heavy atom. The minimum absolute atomic E-state index is 0.115. The highest BCUT2D eigenvalue weighted by atomic mass is 19.1. The molecule has 1 amide bonds. The van der Waals surface area contributed by atoms with Gasteiger partial charge in [0.25, 0.3) is 5.91 Å². The molecule has 41 heavy (non-hydrogen) atoms. The molecule has 0 unspecified atom stereocenters. The number of nitrogens with zero attached hydrogens (tertiary/aromatic N) is 5. The molecule has 7 rings (SSSR count). The molecule has 4 aliphatic rings. The summed E-state index contributed by atoms with van der Waals surface area (Å²) in [5, 5.41) is 3.41. The highest BCUT2D eigenvalue weighted by molar-refractivity contribution is 5.97. The molecule has 0 bridgehead atoms. The maximum atomic E-state index is 14.3. The van der Waals surface area contributed by atoms with Crippen LogP contribution in [0.5, 0.6) is 17.2 Å². The third-order valence-corrected chi connectivity index (χ3v) is 8.59. The molecular formula is C30H33FN6O4. The van der Waals surface area contributed by atoms with Crippen molar-refractivity contribution < 1.29 is 23.4 Å². The van der Waals surface area contributed by atoms with E-state index in [-0.39, 0.29) is 34.8 Å². The van der Waals surface area contributed by atoms with Crippen LogP contribution in [-0.4, -0.2) is 77.3 Å². The Kier molecular flexibility index (Phi) is 6.70. The van der Waals surface area contributed by atoms with Crippen molar-refractivity contribution >= 4 is 11.7 Å². The van der Waals surface area contributed by atoms with Gasteiger partial charge in [0, 0.05) is 62.0 Å². The van der Waals surface area contributed by atoms with Crippen molar-refractivity contribution in [3.05, 3.63) is 65.6 Å². The van der Waals surface area contributed by atoms with Gasteiger partial charge in [0.05, 0.1) is 31.0 Å². The lowest BCUT2D eigenvalue weighted by molar-refractivity contribution is -0.0349. The number of anilines is 1. The highest BCUT2D eigenvalue weighted by Gasteiger charge is 2.54. The first-order chi connectivity index (χ1) is 20.0. The zero-order valence-corrected chi connectivity index (χ0v) is 23.0. The lowest BCUT2D eigenvalue weighted by Gasteiger charge is -2.59. The largest absolute Gasteiger partial charge is 0.490 e. The summed E-state index contributed by atoms with van der Waals surface area (Å²) in [5.74, 6) is 1.52. The first-order valence-electron chi connectivity index (χ1n) is 14.2. The summed E-state index contributed by atoms with van der Waals surface area (Å²) < 4.78 is 32.4. The average Bonchev–Trinajstić information content (AvgIpc) is 2.95. The molecule has 1 aliphatic carbocycles. The predicted octanol–water partition coefficient (Wildman–Crippen LogP) is 3.36. The minimum atomic E-state index is -0.499. The lowest BCUT2D eigenvalue weighted by atomic mass is 9.61. The summed E-state index contributed by atoms with van der Waals surface area (Å²) in [6, 6.07) is 5.87. The second-order valence-corrected chi connectivity index (χ2v) is 11.5. The van der Waals surface area contributed by atoms with Crippen molar-refractivity contribution in [2.24, 2.45) is 5.41 Å². The van der Waals surface area contributed by atoms with E-state index in [1.807, 2.05) is 19.2 Å². The zero-order valence-electron chi connectivity index (χ0n) is 23.0. The van der Waals surface area contributed by atoms with Gasteiger partial charge in [-0.25, -0.2) is 14.4 Å². The molecule has 2 aromatic heterocycles. The van der Waals surface area contributed by atoms with E-state index in [9.17, 15) is 9.18 Å². The number of carbonyl (C=O) groups excluding carboxylic acids is 1. The Bertz CT molecular complexity index is 1460. The van der Waals surface area contributed by atoms with Crippen LogP contribution in [0.1, 0.15) is 41.4 Å². The van der Waals surface area contributed by atoms with E-state index in [2.05, 4.69) is 25.2 Å². The maximum Gasteiger partial charge on any atom is 0.258 e. The average molecular weight is 561 g/mol. The number of hydrogen-bond acceptors (Lipinski definition) is 9. The Morgan fingerprint density at radius 1 is 1.17 bits per heavy atom. The van der Waals surface area contributed by atoms with E-state index >= 15 is 0 Å². The van der Waals surface area contributed by atoms with Gasteiger partial charge in [0.15, 0.2) is 11.6 Å². The van der Waals surface area contributed by atoms with Gasteiger partial charge in [-0.3, -0.25) is 9.78 Å². The summed E-state index contributed by atoms with van der Waals surface area (Å²) >= 11 is 0. The SMILES string of the molecule is C[C@H]1COCCN1C(=O)c1cc(F)ccc1Oc1cncnc1N1CC2(CC(Oc3ccnc4c3CNCC4)C2)C1. The minimum Gasteiger partial charge on any atom is -0.490 e. The molecule has 1 atom stereocenters. The first kappa shape index (κ1) is 26.1. The van der Waals surface area contributed by atoms with Crippen molar-refractivity contribution in [1.82, 2.24) is 25.2 Å². The quantitative estimate of drug-likeness (QED) is 0.486. The highest BCUT2D eigenvalue weighted by Crippen LogP contribution is 2.52. The molecule has 0 radical (unpaired) electrons. The van der Waals surface area contributed by atoms with Crippen LogP contribution in [0.3, 0.4) is 0 Å². The number of rotatable bonds is 6. The van der Waals surface area contributed by atoms with Crippen molar-refractivity contribution in [2.45, 2.75) is 44.9 Å². The number of halogens is 1. The van der Waals surface area contributed by atoms with E-state index in [0.29, 0.717) is 31.3 Å². The van der Waals surface area contributed by atoms with E-state index < -0.39 is 5.82 Å². The normalized spacial score (nSPS) is 21.6. The molecule has 214 valence electrons. The number of aromatic nitrogens is 3. The van der Waals surface area contributed by atoms with Crippen molar-refractivity contribution in [3.8, 4) is 17.2 Å². The van der Waals surface area contributed by atoms with E-state index in [1.54, 1.807) is 11.1 Å². The van der Waals surface area contributed by atoms with Crippen LogP contribution in [0, 0.1) is 11.2 Å². The van der Waals surface area contributed by atoms with Gasteiger partial charge in [-0.05, 0) is 44.0 Å². The van der Waals surface area contributed by atoms with Gasteiger partial charge in [-0.1, -0.05) is 0 Å². The second kappa shape index (κ2) is 10.5. The number of fused-ring (bicyclic) bond motifs is 1. The molecule has 10 nitrogen and oxygen atoms in total. The van der Waals surface area contributed by atoms with Crippen LogP contribution >= 0.6 is 0 Å². The van der Waals surface area contributed by atoms with Gasteiger partial charge in [-0.2, -0.15) is 0 Å². The van der Waals surface area contributed by atoms with Gasteiger partial charge in [-0.15, -0.1) is 0 Å². The van der Waals surface area contributed by atoms with Crippen LogP contribution in [0.4, 0.5) is 10.2 Å². The molecule has 3 fully saturated rings. The van der Waals surface area contributed by atoms with Crippen molar-refractivity contribution in [2.75, 3.05) is 44.3 Å². The van der Waals surface area contributed by atoms with E-state index in [1.165, 1.54) is 30.1 Å². The Morgan fingerprint density at radius 3 is 2.90 bits per heavy atom.